The monoisotopic (exact) mass is 297 g/mol. The molecule has 1 aromatic carbocycles. The number of nitrogens with one attached hydrogen (secondary N) is 1. The highest BCUT2D eigenvalue weighted by atomic mass is 35.5. The Hall–Kier alpha value is -1.26. The summed E-state index contributed by atoms with van der Waals surface area (Å²) in [5.74, 6) is 0.585. The number of benzene rings is 1. The molecule has 0 aliphatic carbocycles. The number of hydrogen-bond donors (Lipinski definition) is 2. The van der Waals surface area contributed by atoms with Gasteiger partial charge in [-0.25, -0.2) is 0 Å². The highest BCUT2D eigenvalue weighted by Gasteiger charge is 2.18. The summed E-state index contributed by atoms with van der Waals surface area (Å²) in [6, 6.07) is 4.91. The number of halogens is 1. The number of carbonyl (C=O) groups excluding carboxylic acids is 1. The van der Waals surface area contributed by atoms with Crippen molar-refractivity contribution in [2.45, 2.75) is 33.2 Å². The van der Waals surface area contributed by atoms with Crippen molar-refractivity contribution < 1.29 is 4.79 Å². The van der Waals surface area contributed by atoms with Gasteiger partial charge in [-0.1, -0.05) is 25.4 Å². The number of nitrogens with two attached hydrogens (primary N) is 1. The van der Waals surface area contributed by atoms with Crippen LogP contribution in [0.25, 0.3) is 0 Å². The summed E-state index contributed by atoms with van der Waals surface area (Å²) < 4.78 is 0. The third-order valence-electron chi connectivity index (χ3n) is 3.36. The molecule has 5 heteroatoms. The summed E-state index contributed by atoms with van der Waals surface area (Å²) in [6.07, 6.45) is 1.07. The van der Waals surface area contributed by atoms with E-state index in [4.69, 9.17) is 17.3 Å². The molecule has 0 aliphatic heterocycles. The molecule has 0 spiro atoms. The summed E-state index contributed by atoms with van der Waals surface area (Å²) in [4.78, 5) is 14.2. The molecule has 1 rings (SSSR count). The average Bonchev–Trinajstić information content (AvgIpc) is 2.39. The largest absolute Gasteiger partial charge is 0.397 e. The van der Waals surface area contributed by atoms with Gasteiger partial charge in [0, 0.05) is 5.69 Å². The number of rotatable bonds is 6. The minimum absolute atomic E-state index is 0.0435. The normalized spacial score (nSPS) is 12.8. The molecule has 4 nitrogen and oxygen atoms in total. The first-order valence-corrected chi connectivity index (χ1v) is 7.25. The number of likely N-dealkylation sites (N-methyl/N-ethyl adjacent to an activating group) is 1. The fourth-order valence-electron chi connectivity index (χ4n) is 1.72. The molecule has 0 heterocycles. The van der Waals surface area contributed by atoms with Crippen LogP contribution < -0.4 is 11.1 Å². The van der Waals surface area contributed by atoms with Crippen molar-refractivity contribution in [1.29, 1.82) is 0 Å². The summed E-state index contributed by atoms with van der Waals surface area (Å²) in [5, 5.41) is 3.35. The van der Waals surface area contributed by atoms with Gasteiger partial charge in [-0.05, 0) is 51.1 Å². The van der Waals surface area contributed by atoms with Gasteiger partial charge in [-0.15, -0.1) is 0 Å². The van der Waals surface area contributed by atoms with E-state index < -0.39 is 0 Å². The van der Waals surface area contributed by atoms with Gasteiger partial charge < -0.3 is 11.1 Å². The Labute approximate surface area is 126 Å². The summed E-state index contributed by atoms with van der Waals surface area (Å²) in [7, 11) is 1.96. The Morgan fingerprint density at radius 3 is 2.60 bits per heavy atom. The van der Waals surface area contributed by atoms with Gasteiger partial charge in [0.25, 0.3) is 0 Å². The van der Waals surface area contributed by atoms with Gasteiger partial charge in [0.05, 0.1) is 16.8 Å². The van der Waals surface area contributed by atoms with Gasteiger partial charge in [-0.2, -0.15) is 0 Å². The molecule has 0 aromatic heterocycles. The van der Waals surface area contributed by atoms with E-state index in [1.54, 1.807) is 18.2 Å². The molecule has 0 aliphatic rings. The number of nitrogens with zero attached hydrogens (tertiary/aromatic N) is 1. The lowest BCUT2D eigenvalue weighted by molar-refractivity contribution is -0.120. The Bertz CT molecular complexity index is 462. The lowest BCUT2D eigenvalue weighted by Crippen LogP contribution is -2.40. The van der Waals surface area contributed by atoms with E-state index in [1.165, 1.54) is 0 Å². The molecule has 1 amide bonds. The molecule has 0 radical (unpaired) electrons. The molecular formula is C15H24ClN3O. The molecule has 1 atom stereocenters. The Morgan fingerprint density at radius 2 is 2.05 bits per heavy atom. The number of hydrogen-bond acceptors (Lipinski definition) is 3. The zero-order valence-electron chi connectivity index (χ0n) is 12.6. The smallest absolute Gasteiger partial charge is 0.241 e. The molecule has 0 bridgehead atoms. The van der Waals surface area contributed by atoms with Crippen molar-refractivity contribution >= 4 is 28.9 Å². The van der Waals surface area contributed by atoms with Crippen LogP contribution in [-0.2, 0) is 4.79 Å². The SMILES string of the molecule is CC(C)CCN(C)C(C)C(=O)Nc1ccc(Cl)c(N)c1. The lowest BCUT2D eigenvalue weighted by Gasteiger charge is -2.24. The maximum Gasteiger partial charge on any atom is 0.241 e. The molecule has 0 fully saturated rings. The van der Waals surface area contributed by atoms with E-state index in [2.05, 4.69) is 24.1 Å². The van der Waals surface area contributed by atoms with Crippen LogP contribution >= 0.6 is 11.6 Å². The zero-order chi connectivity index (χ0) is 15.3. The van der Waals surface area contributed by atoms with E-state index >= 15 is 0 Å². The minimum Gasteiger partial charge on any atom is -0.397 e. The third kappa shape index (κ3) is 5.02. The van der Waals surface area contributed by atoms with Crippen LogP contribution in [0.5, 0.6) is 0 Å². The highest BCUT2D eigenvalue weighted by molar-refractivity contribution is 6.33. The molecule has 1 aromatic rings. The topological polar surface area (TPSA) is 58.4 Å². The molecular weight excluding hydrogens is 274 g/mol. The van der Waals surface area contributed by atoms with Gasteiger partial charge in [0.1, 0.15) is 0 Å². The van der Waals surface area contributed by atoms with Gasteiger partial charge in [0.15, 0.2) is 0 Å². The second kappa shape index (κ2) is 7.50. The van der Waals surface area contributed by atoms with Crippen LogP contribution in [0.3, 0.4) is 0 Å². The summed E-state index contributed by atoms with van der Waals surface area (Å²) in [5.41, 5.74) is 6.85. The van der Waals surface area contributed by atoms with Crippen LogP contribution in [0.15, 0.2) is 18.2 Å². The van der Waals surface area contributed by atoms with E-state index in [0.29, 0.717) is 22.3 Å². The minimum atomic E-state index is -0.189. The van der Waals surface area contributed by atoms with Crippen LogP contribution in [-0.4, -0.2) is 30.4 Å². The van der Waals surface area contributed by atoms with Crippen molar-refractivity contribution in [3.05, 3.63) is 23.2 Å². The van der Waals surface area contributed by atoms with Gasteiger partial charge in [-0.3, -0.25) is 9.69 Å². The number of amides is 1. The maximum absolute atomic E-state index is 12.2. The molecule has 3 N–H and O–H groups in total. The maximum atomic E-state index is 12.2. The van der Waals surface area contributed by atoms with Crippen molar-refractivity contribution in [2.24, 2.45) is 5.92 Å². The summed E-state index contributed by atoms with van der Waals surface area (Å²) in [6.45, 7) is 7.15. The number of anilines is 2. The Kier molecular flexibility index (Phi) is 6.30. The predicted octanol–water partition coefficient (Wildman–Crippen LogP) is 3.23. The van der Waals surface area contributed by atoms with Crippen LogP contribution in [0.1, 0.15) is 27.2 Å². The van der Waals surface area contributed by atoms with E-state index in [0.717, 1.165) is 13.0 Å². The molecule has 0 saturated carbocycles. The van der Waals surface area contributed by atoms with Crippen molar-refractivity contribution in [2.75, 3.05) is 24.6 Å². The van der Waals surface area contributed by atoms with Crippen LogP contribution in [0.4, 0.5) is 11.4 Å². The lowest BCUT2D eigenvalue weighted by atomic mass is 10.1. The Morgan fingerprint density at radius 1 is 1.40 bits per heavy atom. The van der Waals surface area contributed by atoms with E-state index in [9.17, 15) is 4.79 Å². The number of carbonyl (C=O) groups is 1. The second-order valence-electron chi connectivity index (χ2n) is 5.56. The average molecular weight is 298 g/mol. The fourth-order valence-corrected chi connectivity index (χ4v) is 1.84. The zero-order valence-corrected chi connectivity index (χ0v) is 13.4. The molecule has 20 heavy (non-hydrogen) atoms. The van der Waals surface area contributed by atoms with Gasteiger partial charge >= 0.3 is 0 Å². The van der Waals surface area contributed by atoms with Crippen LogP contribution in [0.2, 0.25) is 5.02 Å². The fraction of sp³-hybridized carbons (Fsp3) is 0.533. The predicted molar refractivity (Wildman–Crippen MR) is 86.0 cm³/mol. The first-order chi connectivity index (χ1) is 9.31. The standard InChI is InChI=1S/C15H24ClN3O/c1-10(2)7-8-19(4)11(3)15(20)18-12-5-6-13(16)14(17)9-12/h5-6,9-11H,7-8,17H2,1-4H3,(H,18,20). The van der Waals surface area contributed by atoms with Crippen LogP contribution in [0, 0.1) is 5.92 Å². The van der Waals surface area contributed by atoms with E-state index in [-0.39, 0.29) is 11.9 Å². The second-order valence-corrected chi connectivity index (χ2v) is 5.97. The quantitative estimate of drug-likeness (QED) is 0.793. The van der Waals surface area contributed by atoms with Crippen molar-refractivity contribution in [3.8, 4) is 0 Å². The Balaban J connectivity index is 2.58. The third-order valence-corrected chi connectivity index (χ3v) is 3.71. The highest BCUT2D eigenvalue weighted by Crippen LogP contribution is 2.22. The first-order valence-electron chi connectivity index (χ1n) is 6.87. The molecule has 1 unspecified atom stereocenters. The van der Waals surface area contributed by atoms with Crippen molar-refractivity contribution in [3.63, 3.8) is 0 Å². The van der Waals surface area contributed by atoms with Crippen molar-refractivity contribution in [1.82, 2.24) is 4.90 Å². The summed E-state index contributed by atoms with van der Waals surface area (Å²) >= 11 is 5.86. The van der Waals surface area contributed by atoms with E-state index in [1.807, 2.05) is 14.0 Å². The number of nitrogen functional groups attached to an aromatic ring is 1. The first kappa shape index (κ1) is 16.8. The molecule has 0 saturated heterocycles. The van der Waals surface area contributed by atoms with Gasteiger partial charge in [0.2, 0.25) is 5.91 Å². The molecule has 112 valence electrons.